The van der Waals surface area contributed by atoms with Crippen LogP contribution in [-0.2, 0) is 41.7 Å². The summed E-state index contributed by atoms with van der Waals surface area (Å²) in [5.74, 6) is -2.47. The number of dihydropyridines is 1. The molecule has 186 valence electrons. The molecule has 0 aliphatic carbocycles. The van der Waals surface area contributed by atoms with Gasteiger partial charge >= 0.3 is 11.9 Å². The number of halogens is 1. The monoisotopic (exact) mass is 504 g/mol. The first kappa shape index (κ1) is 25.8. The van der Waals surface area contributed by atoms with E-state index in [4.69, 9.17) is 31.5 Å². The lowest BCUT2D eigenvalue weighted by Gasteiger charge is -2.31. The Morgan fingerprint density at radius 1 is 1.17 bits per heavy atom. The van der Waals surface area contributed by atoms with Crippen LogP contribution in [0.3, 0.4) is 0 Å². The van der Waals surface area contributed by atoms with Crippen molar-refractivity contribution < 1.29 is 28.6 Å². The molecule has 35 heavy (non-hydrogen) atoms. The maximum absolute atomic E-state index is 13.2. The van der Waals surface area contributed by atoms with Crippen LogP contribution >= 0.6 is 11.6 Å². The highest BCUT2D eigenvalue weighted by molar-refractivity contribution is 6.31. The normalized spacial score (nSPS) is 15.6. The lowest BCUT2D eigenvalue weighted by molar-refractivity contribution is -0.139. The van der Waals surface area contributed by atoms with Crippen LogP contribution in [0.15, 0.2) is 46.8 Å². The number of esters is 2. The predicted octanol–water partition coefficient (Wildman–Crippen LogP) is 0.980. The maximum atomic E-state index is 13.2. The third kappa shape index (κ3) is 5.84. The first-order chi connectivity index (χ1) is 16.8. The van der Waals surface area contributed by atoms with Crippen molar-refractivity contribution in [1.29, 1.82) is 0 Å². The van der Waals surface area contributed by atoms with E-state index in [2.05, 4.69) is 20.8 Å². The predicted molar refractivity (Wildman–Crippen MR) is 122 cm³/mol. The number of aromatic nitrogens is 4. The number of carbonyl (C=O) groups is 3. The summed E-state index contributed by atoms with van der Waals surface area (Å²) in [7, 11) is 1.26. The Hall–Kier alpha value is -3.77. The van der Waals surface area contributed by atoms with Crippen molar-refractivity contribution in [2.75, 3.05) is 20.3 Å². The highest BCUT2D eigenvalue weighted by Crippen LogP contribution is 2.41. The molecule has 2 aromatic rings. The molecule has 0 bridgehead atoms. The minimum absolute atomic E-state index is 0.0784. The van der Waals surface area contributed by atoms with E-state index in [0.29, 0.717) is 22.0 Å². The summed E-state index contributed by atoms with van der Waals surface area (Å²) in [5.41, 5.74) is 6.94. The largest absolute Gasteiger partial charge is 0.466 e. The molecule has 0 saturated carbocycles. The van der Waals surface area contributed by atoms with Gasteiger partial charge in [-0.15, -0.1) is 5.10 Å². The van der Waals surface area contributed by atoms with Crippen molar-refractivity contribution in [3.8, 4) is 0 Å². The highest BCUT2D eigenvalue weighted by Gasteiger charge is 2.39. The van der Waals surface area contributed by atoms with Crippen molar-refractivity contribution in [1.82, 2.24) is 25.5 Å². The number of tetrazole rings is 1. The molecular formula is C22H25ClN6O6. The van der Waals surface area contributed by atoms with Crippen molar-refractivity contribution in [2.45, 2.75) is 32.9 Å². The number of ether oxygens (including phenoxy) is 3. The first-order valence-corrected chi connectivity index (χ1v) is 11.0. The van der Waals surface area contributed by atoms with Crippen molar-refractivity contribution in [2.24, 2.45) is 5.73 Å². The molecular weight excluding hydrogens is 480 g/mol. The zero-order valence-corrected chi connectivity index (χ0v) is 20.2. The van der Waals surface area contributed by atoms with Gasteiger partial charge in [0, 0.05) is 10.7 Å². The van der Waals surface area contributed by atoms with E-state index in [-0.39, 0.29) is 43.3 Å². The molecule has 3 N–H and O–H groups in total. The van der Waals surface area contributed by atoms with Gasteiger partial charge in [0.1, 0.15) is 13.2 Å². The quantitative estimate of drug-likeness (QED) is 0.446. The summed E-state index contributed by atoms with van der Waals surface area (Å²) in [4.78, 5) is 37.1. The van der Waals surface area contributed by atoms with E-state index >= 15 is 0 Å². The van der Waals surface area contributed by atoms with Crippen molar-refractivity contribution in [3.63, 3.8) is 0 Å². The van der Waals surface area contributed by atoms with Gasteiger partial charge in [0.15, 0.2) is 5.82 Å². The minimum atomic E-state index is -0.866. The molecule has 2 heterocycles. The topological polar surface area (TPSA) is 161 Å². The number of rotatable bonds is 10. The van der Waals surface area contributed by atoms with E-state index in [1.54, 1.807) is 38.1 Å². The van der Waals surface area contributed by atoms with Crippen LogP contribution in [0.4, 0.5) is 0 Å². The van der Waals surface area contributed by atoms with E-state index in [1.165, 1.54) is 11.8 Å². The Balaban J connectivity index is 2.01. The number of hydrogen-bond donors (Lipinski definition) is 2. The van der Waals surface area contributed by atoms with E-state index in [9.17, 15) is 14.4 Å². The second-order valence-electron chi connectivity index (χ2n) is 7.43. The van der Waals surface area contributed by atoms with Gasteiger partial charge in [0.25, 0.3) is 0 Å². The molecule has 3 rings (SSSR count). The number of carbonyl (C=O) groups excluding carboxylic acids is 3. The van der Waals surface area contributed by atoms with Crippen LogP contribution in [0.25, 0.3) is 0 Å². The van der Waals surface area contributed by atoms with Gasteiger partial charge in [-0.25, -0.2) is 14.3 Å². The van der Waals surface area contributed by atoms with Gasteiger partial charge in [-0.1, -0.05) is 29.8 Å². The second kappa shape index (κ2) is 11.6. The van der Waals surface area contributed by atoms with E-state index in [1.807, 2.05) is 0 Å². The highest BCUT2D eigenvalue weighted by atomic mass is 35.5. The number of primary amides is 1. The summed E-state index contributed by atoms with van der Waals surface area (Å²) in [5, 5.41) is 14.5. The fourth-order valence-corrected chi connectivity index (χ4v) is 3.95. The molecule has 13 heteroatoms. The fraction of sp³-hybridized carbons (Fsp3) is 0.364. The SMILES string of the molecule is CCOC(=O)C1=C(COCc2nnnn2CC(N)=O)NC(C)=C(C(=O)OC)C1c1ccccc1Cl. The summed E-state index contributed by atoms with van der Waals surface area (Å²) in [6.45, 7) is 3.10. The van der Waals surface area contributed by atoms with Crippen LogP contribution in [0, 0.1) is 0 Å². The van der Waals surface area contributed by atoms with E-state index in [0.717, 1.165) is 0 Å². The van der Waals surface area contributed by atoms with Crippen LogP contribution in [0.2, 0.25) is 5.02 Å². The molecule has 0 saturated heterocycles. The molecule has 1 unspecified atom stereocenters. The Kier molecular flexibility index (Phi) is 8.55. The molecule has 1 atom stereocenters. The summed E-state index contributed by atoms with van der Waals surface area (Å²) < 4.78 is 17.3. The molecule has 1 aromatic heterocycles. The van der Waals surface area contributed by atoms with Crippen LogP contribution in [-0.4, -0.2) is 58.4 Å². The number of nitrogens with two attached hydrogens (primary N) is 1. The van der Waals surface area contributed by atoms with Gasteiger partial charge in [0.2, 0.25) is 5.91 Å². The molecule has 0 radical (unpaired) electrons. The number of benzene rings is 1. The summed E-state index contributed by atoms with van der Waals surface area (Å²) in [6, 6.07) is 6.89. The third-order valence-electron chi connectivity index (χ3n) is 5.15. The smallest absolute Gasteiger partial charge is 0.336 e. The Labute approximate surface area is 206 Å². The van der Waals surface area contributed by atoms with Crippen molar-refractivity contribution in [3.05, 3.63) is 63.2 Å². The van der Waals surface area contributed by atoms with Gasteiger partial charge in [-0.2, -0.15) is 0 Å². The Morgan fingerprint density at radius 2 is 1.91 bits per heavy atom. The molecule has 1 aliphatic rings. The van der Waals surface area contributed by atoms with Gasteiger partial charge in [-0.05, 0) is 35.9 Å². The lowest BCUT2D eigenvalue weighted by atomic mass is 9.80. The first-order valence-electron chi connectivity index (χ1n) is 10.6. The standard InChI is InChI=1S/C22H25ClN6O6/c1-4-35-22(32)20-15(10-34-11-17-26-27-28-29(17)9-16(24)30)25-12(2)18(21(31)33-3)19(20)13-7-5-6-8-14(13)23/h5-8,19,25H,4,9-11H2,1-3H3,(H2,24,30). The van der Waals surface area contributed by atoms with E-state index < -0.39 is 23.8 Å². The Bertz CT molecular complexity index is 1190. The lowest BCUT2D eigenvalue weighted by Crippen LogP contribution is -2.34. The van der Waals surface area contributed by atoms with Crippen molar-refractivity contribution >= 4 is 29.4 Å². The minimum Gasteiger partial charge on any atom is -0.466 e. The molecule has 1 aromatic carbocycles. The van der Waals surface area contributed by atoms with Crippen LogP contribution in [0.1, 0.15) is 31.2 Å². The number of allylic oxidation sites excluding steroid dienone is 1. The molecule has 0 spiro atoms. The molecule has 0 fully saturated rings. The number of nitrogens with zero attached hydrogens (tertiary/aromatic N) is 4. The van der Waals surface area contributed by atoms with Gasteiger partial charge < -0.3 is 25.3 Å². The third-order valence-corrected chi connectivity index (χ3v) is 5.50. The number of amides is 1. The molecule has 1 amide bonds. The Morgan fingerprint density at radius 3 is 2.57 bits per heavy atom. The second-order valence-corrected chi connectivity index (χ2v) is 7.84. The van der Waals surface area contributed by atoms with Gasteiger partial charge in [-0.3, -0.25) is 4.79 Å². The fourth-order valence-electron chi connectivity index (χ4n) is 3.70. The van der Waals surface area contributed by atoms with Crippen LogP contribution in [0.5, 0.6) is 0 Å². The zero-order valence-electron chi connectivity index (χ0n) is 19.4. The molecule has 1 aliphatic heterocycles. The summed E-state index contributed by atoms with van der Waals surface area (Å²) >= 11 is 6.48. The van der Waals surface area contributed by atoms with Gasteiger partial charge in [0.05, 0.1) is 43.1 Å². The molecule has 12 nitrogen and oxygen atoms in total. The summed E-state index contributed by atoms with van der Waals surface area (Å²) in [6.07, 6.45) is 0. The average Bonchev–Trinajstić information content (AvgIpc) is 3.24. The number of methoxy groups -OCH3 is 1. The van der Waals surface area contributed by atoms with Crippen LogP contribution < -0.4 is 11.1 Å². The average molecular weight is 505 g/mol. The number of nitrogens with one attached hydrogen (secondary N) is 1. The number of hydrogen-bond acceptors (Lipinski definition) is 10. The zero-order chi connectivity index (χ0) is 25.5. The maximum Gasteiger partial charge on any atom is 0.336 e.